The zero-order chi connectivity index (χ0) is 25.8. The number of amides is 2. The Hall–Kier alpha value is -2.93. The lowest BCUT2D eigenvalue weighted by Gasteiger charge is -2.33. The van der Waals surface area contributed by atoms with Crippen LogP contribution in [0.15, 0.2) is 42.5 Å². The van der Waals surface area contributed by atoms with Gasteiger partial charge in [-0.25, -0.2) is 4.79 Å². The molecule has 37 heavy (non-hydrogen) atoms. The van der Waals surface area contributed by atoms with Crippen LogP contribution in [0.4, 0.5) is 0 Å². The molecule has 3 atom stereocenters. The van der Waals surface area contributed by atoms with Crippen molar-refractivity contribution in [1.82, 2.24) is 15.1 Å². The summed E-state index contributed by atoms with van der Waals surface area (Å²) in [6.45, 7) is 2.34. The molecule has 198 valence electrons. The van der Waals surface area contributed by atoms with Crippen LogP contribution in [0.1, 0.15) is 74.6 Å². The number of benzene rings is 2. The largest absolute Gasteiger partial charge is 0.480 e. The van der Waals surface area contributed by atoms with Crippen molar-refractivity contribution in [1.29, 1.82) is 0 Å². The van der Waals surface area contributed by atoms with Gasteiger partial charge >= 0.3 is 5.97 Å². The number of piperidine rings is 1. The van der Waals surface area contributed by atoms with Crippen molar-refractivity contribution in [2.24, 2.45) is 5.92 Å². The van der Waals surface area contributed by atoms with E-state index in [-0.39, 0.29) is 17.9 Å². The molecule has 0 bridgehead atoms. The summed E-state index contributed by atoms with van der Waals surface area (Å²) in [6.07, 6.45) is 10.1. The first-order chi connectivity index (χ1) is 18.0. The zero-order valence-corrected chi connectivity index (χ0v) is 21.6. The minimum Gasteiger partial charge on any atom is -0.480 e. The second-order valence-electron chi connectivity index (χ2n) is 11.2. The molecule has 3 fully saturated rings. The molecule has 7 nitrogen and oxygen atoms in total. The molecule has 2 saturated heterocycles. The first-order valence-corrected chi connectivity index (χ1v) is 14.1. The average Bonchev–Trinajstić information content (AvgIpc) is 3.39. The number of nitrogens with zero attached hydrogens (tertiary/aromatic N) is 2. The number of nitrogens with one attached hydrogen (secondary N) is 1. The Labute approximate surface area is 219 Å². The normalized spacial score (nSPS) is 24.2. The number of rotatable bonds is 7. The highest BCUT2D eigenvalue weighted by molar-refractivity contribution is 6.01. The van der Waals surface area contributed by atoms with Crippen LogP contribution >= 0.6 is 0 Å². The van der Waals surface area contributed by atoms with Crippen LogP contribution < -0.4 is 5.32 Å². The van der Waals surface area contributed by atoms with Gasteiger partial charge in [-0.3, -0.25) is 14.5 Å². The molecule has 0 aromatic heterocycles. The molecule has 2 aromatic rings. The van der Waals surface area contributed by atoms with E-state index in [2.05, 4.69) is 10.2 Å². The van der Waals surface area contributed by atoms with Crippen LogP contribution in [0.3, 0.4) is 0 Å². The smallest absolute Gasteiger partial charge is 0.326 e. The van der Waals surface area contributed by atoms with Crippen LogP contribution in [-0.2, 0) is 9.59 Å². The van der Waals surface area contributed by atoms with Gasteiger partial charge in [0.05, 0.1) is 0 Å². The Morgan fingerprint density at radius 1 is 0.919 bits per heavy atom. The molecular formula is C30H39N3O4. The van der Waals surface area contributed by atoms with Crippen LogP contribution in [0.25, 0.3) is 10.8 Å². The number of hydrogen-bond donors (Lipinski definition) is 2. The molecule has 0 radical (unpaired) electrons. The number of carboxylic acid groups (broad SMARTS) is 1. The summed E-state index contributed by atoms with van der Waals surface area (Å²) in [6, 6.07) is 12.0. The van der Waals surface area contributed by atoms with Gasteiger partial charge in [-0.2, -0.15) is 0 Å². The van der Waals surface area contributed by atoms with Crippen LogP contribution in [-0.4, -0.2) is 70.4 Å². The number of carboxylic acids is 1. The Bertz CT molecular complexity index is 1120. The van der Waals surface area contributed by atoms with Gasteiger partial charge in [0.2, 0.25) is 5.91 Å². The van der Waals surface area contributed by atoms with E-state index in [1.807, 2.05) is 36.4 Å². The van der Waals surface area contributed by atoms with Crippen LogP contribution in [0.5, 0.6) is 0 Å². The molecule has 2 aliphatic heterocycles. The maximum absolute atomic E-state index is 14.0. The highest BCUT2D eigenvalue weighted by Gasteiger charge is 2.44. The molecule has 2 N–H and O–H groups in total. The molecule has 0 spiro atoms. The maximum atomic E-state index is 14.0. The summed E-state index contributed by atoms with van der Waals surface area (Å²) in [4.78, 5) is 43.5. The molecule has 1 unspecified atom stereocenters. The first-order valence-electron chi connectivity index (χ1n) is 14.1. The topological polar surface area (TPSA) is 90.0 Å². The molecule has 7 heteroatoms. The van der Waals surface area contributed by atoms with Crippen LogP contribution in [0.2, 0.25) is 0 Å². The van der Waals surface area contributed by atoms with Gasteiger partial charge in [0.1, 0.15) is 12.1 Å². The minimum absolute atomic E-state index is 0.0665. The van der Waals surface area contributed by atoms with Gasteiger partial charge in [-0.15, -0.1) is 0 Å². The van der Waals surface area contributed by atoms with Crippen molar-refractivity contribution < 1.29 is 19.5 Å². The minimum atomic E-state index is -0.954. The van der Waals surface area contributed by atoms with E-state index in [1.54, 1.807) is 11.0 Å². The van der Waals surface area contributed by atoms with Gasteiger partial charge < -0.3 is 15.3 Å². The van der Waals surface area contributed by atoms with Crippen molar-refractivity contribution >= 4 is 28.6 Å². The van der Waals surface area contributed by atoms with Gasteiger partial charge in [0.15, 0.2) is 0 Å². The van der Waals surface area contributed by atoms with Crippen molar-refractivity contribution in [2.75, 3.05) is 19.6 Å². The number of likely N-dealkylation sites (tertiary alicyclic amines) is 2. The van der Waals surface area contributed by atoms with Crippen LogP contribution in [0, 0.1) is 5.92 Å². The lowest BCUT2D eigenvalue weighted by atomic mass is 9.84. The summed E-state index contributed by atoms with van der Waals surface area (Å²) in [5, 5.41) is 15.1. The maximum Gasteiger partial charge on any atom is 0.326 e. The van der Waals surface area contributed by atoms with Gasteiger partial charge in [0.25, 0.3) is 5.91 Å². The second-order valence-corrected chi connectivity index (χ2v) is 11.2. The highest BCUT2D eigenvalue weighted by atomic mass is 16.4. The molecule has 2 heterocycles. The average molecular weight is 506 g/mol. The van der Waals surface area contributed by atoms with Gasteiger partial charge in [0, 0.05) is 18.2 Å². The number of carbonyl (C=O) groups is 3. The fraction of sp³-hybridized carbons (Fsp3) is 0.567. The third-order valence-corrected chi connectivity index (χ3v) is 8.66. The molecule has 1 aliphatic carbocycles. The van der Waals surface area contributed by atoms with E-state index >= 15 is 0 Å². The summed E-state index contributed by atoms with van der Waals surface area (Å²) in [7, 11) is 0. The fourth-order valence-electron chi connectivity index (χ4n) is 6.59. The Kier molecular flexibility index (Phi) is 8.08. The third kappa shape index (κ3) is 5.98. The quantitative estimate of drug-likeness (QED) is 0.580. The number of hydrogen-bond acceptors (Lipinski definition) is 4. The number of fused-ring (bicyclic) bond motifs is 1. The van der Waals surface area contributed by atoms with Gasteiger partial charge in [-0.1, -0.05) is 68.9 Å². The predicted octanol–water partition coefficient (Wildman–Crippen LogP) is 4.45. The van der Waals surface area contributed by atoms with Gasteiger partial charge in [-0.05, 0) is 67.6 Å². The van der Waals surface area contributed by atoms with E-state index in [4.69, 9.17) is 0 Å². The molecule has 2 amide bonds. The predicted molar refractivity (Wildman–Crippen MR) is 143 cm³/mol. The molecule has 2 aromatic carbocycles. The SMILES string of the molecule is O=C(NC(CC1CCCCC1)C(=O)N1C[C@@H](N2CCCCC2)C[C@H]1C(=O)O)c1ccc2ccccc2c1. The number of carbonyl (C=O) groups excluding carboxylic acids is 2. The Morgan fingerprint density at radius 2 is 1.62 bits per heavy atom. The molecular weight excluding hydrogens is 466 g/mol. The van der Waals surface area contributed by atoms with E-state index < -0.39 is 18.1 Å². The monoisotopic (exact) mass is 505 g/mol. The Morgan fingerprint density at radius 3 is 2.35 bits per heavy atom. The summed E-state index contributed by atoms with van der Waals surface area (Å²) in [5.41, 5.74) is 0.516. The van der Waals surface area contributed by atoms with Crippen molar-refractivity contribution in [3.63, 3.8) is 0 Å². The van der Waals surface area contributed by atoms with Crippen molar-refractivity contribution in [3.8, 4) is 0 Å². The van der Waals surface area contributed by atoms with E-state index in [1.165, 1.54) is 12.8 Å². The molecule has 3 aliphatic rings. The van der Waals surface area contributed by atoms with Crippen molar-refractivity contribution in [3.05, 3.63) is 48.0 Å². The second kappa shape index (κ2) is 11.6. The lowest BCUT2D eigenvalue weighted by Crippen LogP contribution is -2.53. The third-order valence-electron chi connectivity index (χ3n) is 8.66. The fourth-order valence-corrected chi connectivity index (χ4v) is 6.59. The standard InChI is InChI=1S/C30H39N3O4/c34-28(24-14-13-22-11-5-6-12-23(22)18-24)31-26(17-21-9-3-1-4-10-21)29(35)33-20-25(19-27(33)30(36)37)32-15-7-2-8-16-32/h5-6,11-14,18,21,25-27H,1-4,7-10,15-17,19-20H2,(H,31,34)(H,36,37)/t25-,26?,27-/m0/s1. The van der Waals surface area contributed by atoms with Crippen molar-refractivity contribution in [2.45, 2.75) is 82.3 Å². The number of aliphatic carboxylic acids is 1. The summed E-state index contributed by atoms with van der Waals surface area (Å²) in [5.74, 6) is -1.11. The lowest BCUT2D eigenvalue weighted by molar-refractivity contribution is -0.149. The molecule has 5 rings (SSSR count). The first kappa shape index (κ1) is 25.7. The zero-order valence-electron chi connectivity index (χ0n) is 21.6. The molecule has 1 saturated carbocycles. The highest BCUT2D eigenvalue weighted by Crippen LogP contribution is 2.30. The Balaban J connectivity index is 1.36. The summed E-state index contributed by atoms with van der Waals surface area (Å²) >= 11 is 0. The van der Waals surface area contributed by atoms with E-state index in [9.17, 15) is 19.5 Å². The summed E-state index contributed by atoms with van der Waals surface area (Å²) < 4.78 is 0. The van der Waals surface area contributed by atoms with E-state index in [0.29, 0.717) is 30.9 Å². The van der Waals surface area contributed by atoms with E-state index in [0.717, 1.165) is 62.4 Å².